The maximum absolute atomic E-state index is 12.7. The molecule has 0 unspecified atom stereocenters. The summed E-state index contributed by atoms with van der Waals surface area (Å²) in [5.74, 6) is 1.94. The van der Waals surface area contributed by atoms with Gasteiger partial charge in [0.25, 0.3) is 0 Å². The van der Waals surface area contributed by atoms with Crippen LogP contribution in [0.25, 0.3) is 0 Å². The third kappa shape index (κ3) is 5.15. The summed E-state index contributed by atoms with van der Waals surface area (Å²) in [7, 11) is 2.61. The van der Waals surface area contributed by atoms with Crippen molar-refractivity contribution < 1.29 is 17.9 Å². The third-order valence-electron chi connectivity index (χ3n) is 4.79. The van der Waals surface area contributed by atoms with Gasteiger partial charge in [-0.2, -0.15) is 0 Å². The monoisotopic (exact) mass is 461 g/mol. The van der Waals surface area contributed by atoms with Crippen LogP contribution in [0.2, 0.25) is 5.02 Å². The van der Waals surface area contributed by atoms with Crippen LogP contribution < -0.4 is 9.47 Å². The molecule has 0 aliphatic rings. The van der Waals surface area contributed by atoms with Crippen LogP contribution in [0, 0.1) is 0 Å². The van der Waals surface area contributed by atoms with Crippen molar-refractivity contribution in [1.82, 2.24) is 14.3 Å². The van der Waals surface area contributed by atoms with Crippen LogP contribution in [0.5, 0.6) is 11.5 Å². The predicted octanol–water partition coefficient (Wildman–Crippen LogP) is 3.58. The van der Waals surface area contributed by atoms with Crippen molar-refractivity contribution >= 4 is 21.6 Å². The quantitative estimate of drug-likeness (QED) is 0.510. The molecule has 1 heterocycles. The molecule has 0 radical (unpaired) electrons. The van der Waals surface area contributed by atoms with Crippen molar-refractivity contribution in [3.63, 3.8) is 0 Å². The Morgan fingerprint density at radius 2 is 1.74 bits per heavy atom. The van der Waals surface area contributed by atoms with E-state index in [1.807, 2.05) is 18.2 Å². The van der Waals surface area contributed by atoms with Crippen molar-refractivity contribution in [1.29, 1.82) is 0 Å². The molecule has 0 bridgehead atoms. The zero-order chi connectivity index (χ0) is 22.6. The van der Waals surface area contributed by atoms with Gasteiger partial charge in [0, 0.05) is 38.7 Å². The van der Waals surface area contributed by atoms with Gasteiger partial charge in [-0.3, -0.25) is 0 Å². The number of hydrogen-bond donors (Lipinski definition) is 0. The number of halogens is 1. The molecule has 0 spiro atoms. The standard InChI is InChI=1S/C22H24ClN3O4S/c1-26(2)31(27,28)21-8-6-5-7-15(21)12-19-18(23)14-24-22(25-19)13-16-11-17(29-3)9-10-20(16)30-4/h5-11,14H,12-13H2,1-4H3. The lowest BCUT2D eigenvalue weighted by atomic mass is 10.1. The van der Waals surface area contributed by atoms with E-state index in [4.69, 9.17) is 21.1 Å². The van der Waals surface area contributed by atoms with E-state index in [1.165, 1.54) is 24.6 Å². The van der Waals surface area contributed by atoms with E-state index in [2.05, 4.69) is 9.97 Å². The maximum atomic E-state index is 12.7. The van der Waals surface area contributed by atoms with Gasteiger partial charge in [-0.05, 0) is 29.8 Å². The largest absolute Gasteiger partial charge is 0.497 e. The van der Waals surface area contributed by atoms with Gasteiger partial charge in [0.05, 0.1) is 29.8 Å². The molecule has 0 aliphatic heterocycles. The number of sulfonamides is 1. The Hall–Kier alpha value is -2.68. The highest BCUT2D eigenvalue weighted by Crippen LogP contribution is 2.27. The molecule has 3 aromatic rings. The van der Waals surface area contributed by atoms with Gasteiger partial charge in [0.2, 0.25) is 10.0 Å². The highest BCUT2D eigenvalue weighted by molar-refractivity contribution is 7.89. The van der Waals surface area contributed by atoms with Crippen LogP contribution in [-0.2, 0) is 22.9 Å². The summed E-state index contributed by atoms with van der Waals surface area (Å²) in [6.45, 7) is 0. The fourth-order valence-corrected chi connectivity index (χ4v) is 4.40. The lowest BCUT2D eigenvalue weighted by molar-refractivity contribution is 0.399. The van der Waals surface area contributed by atoms with Crippen LogP contribution in [0.15, 0.2) is 53.6 Å². The normalized spacial score (nSPS) is 11.5. The Morgan fingerprint density at radius 1 is 1.00 bits per heavy atom. The van der Waals surface area contributed by atoms with E-state index in [9.17, 15) is 8.42 Å². The third-order valence-corrected chi connectivity index (χ3v) is 7.02. The summed E-state index contributed by atoms with van der Waals surface area (Å²) in [4.78, 5) is 9.18. The molecule has 0 N–H and O–H groups in total. The minimum atomic E-state index is -3.60. The highest BCUT2D eigenvalue weighted by atomic mass is 35.5. The van der Waals surface area contributed by atoms with Crippen LogP contribution >= 0.6 is 11.6 Å². The van der Waals surface area contributed by atoms with Gasteiger partial charge < -0.3 is 9.47 Å². The van der Waals surface area contributed by atoms with E-state index in [-0.39, 0.29) is 11.3 Å². The van der Waals surface area contributed by atoms with E-state index < -0.39 is 10.0 Å². The average Bonchev–Trinajstić information content (AvgIpc) is 2.76. The molecule has 9 heteroatoms. The number of rotatable bonds is 8. The second-order valence-electron chi connectivity index (χ2n) is 7.01. The highest BCUT2D eigenvalue weighted by Gasteiger charge is 2.22. The van der Waals surface area contributed by atoms with Gasteiger partial charge in [0.15, 0.2) is 0 Å². The van der Waals surface area contributed by atoms with Gasteiger partial charge in [-0.15, -0.1) is 0 Å². The number of hydrogen-bond acceptors (Lipinski definition) is 6. The fourth-order valence-electron chi connectivity index (χ4n) is 3.12. The SMILES string of the molecule is COc1ccc(OC)c(Cc2ncc(Cl)c(Cc3ccccc3S(=O)(=O)N(C)C)n2)c1. The Labute approximate surface area is 187 Å². The number of aromatic nitrogens is 2. The van der Waals surface area contributed by atoms with Gasteiger partial charge in [0.1, 0.15) is 17.3 Å². The first-order valence-electron chi connectivity index (χ1n) is 9.48. The summed E-state index contributed by atoms with van der Waals surface area (Å²) in [6, 6.07) is 12.4. The molecular formula is C22H24ClN3O4S. The molecule has 0 atom stereocenters. The molecule has 0 saturated carbocycles. The first kappa shape index (κ1) is 23.0. The lowest BCUT2D eigenvalue weighted by Gasteiger charge is -2.15. The average molecular weight is 462 g/mol. The van der Waals surface area contributed by atoms with Crippen molar-refractivity contribution in [3.05, 3.63) is 76.3 Å². The zero-order valence-corrected chi connectivity index (χ0v) is 19.4. The lowest BCUT2D eigenvalue weighted by Crippen LogP contribution is -2.23. The van der Waals surface area contributed by atoms with Crippen LogP contribution in [0.4, 0.5) is 0 Å². The number of ether oxygens (including phenoxy) is 2. The molecule has 1 aromatic heterocycles. The molecule has 0 fully saturated rings. The van der Waals surface area contributed by atoms with Crippen molar-refractivity contribution in [2.45, 2.75) is 17.7 Å². The van der Waals surface area contributed by atoms with E-state index in [0.717, 1.165) is 5.56 Å². The smallest absolute Gasteiger partial charge is 0.242 e. The van der Waals surface area contributed by atoms with Crippen LogP contribution in [-0.4, -0.2) is 51.0 Å². The predicted molar refractivity (Wildman–Crippen MR) is 120 cm³/mol. The molecule has 31 heavy (non-hydrogen) atoms. The van der Waals surface area contributed by atoms with E-state index in [1.54, 1.807) is 38.5 Å². The second-order valence-corrected chi connectivity index (χ2v) is 9.53. The van der Waals surface area contributed by atoms with E-state index in [0.29, 0.717) is 40.0 Å². The number of methoxy groups -OCH3 is 2. The summed E-state index contributed by atoms with van der Waals surface area (Å²) >= 11 is 6.35. The Kier molecular flexibility index (Phi) is 7.15. The Balaban J connectivity index is 1.96. The van der Waals surface area contributed by atoms with Gasteiger partial charge in [-0.25, -0.2) is 22.7 Å². The molecule has 0 aliphatic carbocycles. The molecule has 0 saturated heterocycles. The van der Waals surface area contributed by atoms with Crippen molar-refractivity contribution in [3.8, 4) is 11.5 Å². The maximum Gasteiger partial charge on any atom is 0.242 e. The first-order chi connectivity index (χ1) is 14.8. The molecular weight excluding hydrogens is 438 g/mol. The summed E-state index contributed by atoms with van der Waals surface area (Å²) in [5, 5.41) is 0.374. The van der Waals surface area contributed by atoms with Crippen molar-refractivity contribution in [2.24, 2.45) is 0 Å². The molecule has 164 valence electrons. The van der Waals surface area contributed by atoms with Gasteiger partial charge >= 0.3 is 0 Å². The summed E-state index contributed by atoms with van der Waals surface area (Å²) < 4.78 is 37.3. The summed E-state index contributed by atoms with van der Waals surface area (Å²) in [6.07, 6.45) is 2.20. The van der Waals surface area contributed by atoms with Crippen LogP contribution in [0.1, 0.15) is 22.6 Å². The first-order valence-corrected chi connectivity index (χ1v) is 11.3. The molecule has 7 nitrogen and oxygen atoms in total. The topological polar surface area (TPSA) is 81.6 Å². The van der Waals surface area contributed by atoms with Crippen molar-refractivity contribution in [2.75, 3.05) is 28.3 Å². The van der Waals surface area contributed by atoms with E-state index >= 15 is 0 Å². The van der Waals surface area contributed by atoms with Gasteiger partial charge in [-0.1, -0.05) is 29.8 Å². The minimum absolute atomic E-state index is 0.227. The fraction of sp³-hybridized carbons (Fsp3) is 0.273. The summed E-state index contributed by atoms with van der Waals surface area (Å²) in [5.41, 5.74) is 2.03. The number of benzene rings is 2. The Morgan fingerprint density at radius 3 is 2.42 bits per heavy atom. The Bertz CT molecular complexity index is 1180. The molecule has 0 amide bonds. The second kappa shape index (κ2) is 9.64. The van der Waals surface area contributed by atoms with Crippen LogP contribution in [0.3, 0.4) is 0 Å². The zero-order valence-electron chi connectivity index (χ0n) is 17.8. The molecule has 2 aromatic carbocycles. The number of nitrogens with zero attached hydrogens (tertiary/aromatic N) is 3. The minimum Gasteiger partial charge on any atom is -0.497 e. The molecule has 3 rings (SSSR count).